The Hall–Kier alpha value is -1.40. The summed E-state index contributed by atoms with van der Waals surface area (Å²) < 4.78 is 40.3. The fourth-order valence-electron chi connectivity index (χ4n) is 3.77. The van der Waals surface area contributed by atoms with Crippen LogP contribution in [-0.2, 0) is 19.0 Å². The van der Waals surface area contributed by atoms with E-state index in [9.17, 15) is 18.4 Å². The number of esters is 1. The number of carbonyl (C=O) groups is 2. The fraction of sp³-hybridized carbons (Fsp3) is 0.857. The molecule has 0 radical (unpaired) electrons. The summed E-state index contributed by atoms with van der Waals surface area (Å²) in [6.07, 6.45) is 0.854. The van der Waals surface area contributed by atoms with Gasteiger partial charge in [0.2, 0.25) is 0 Å². The quantitative estimate of drug-likeness (QED) is 0.750. The maximum absolute atomic E-state index is 12.7. The Labute approximate surface area is 120 Å². The van der Waals surface area contributed by atoms with Gasteiger partial charge in [0.1, 0.15) is 12.2 Å². The largest absolute Gasteiger partial charge is 0.508 e. The van der Waals surface area contributed by atoms with Gasteiger partial charge in [-0.25, -0.2) is 13.6 Å². The Morgan fingerprint density at radius 2 is 2.10 bits per heavy atom. The van der Waals surface area contributed by atoms with Crippen LogP contribution in [0.5, 0.6) is 0 Å². The van der Waals surface area contributed by atoms with Crippen molar-refractivity contribution in [2.45, 2.75) is 50.7 Å². The van der Waals surface area contributed by atoms with Crippen molar-refractivity contribution in [1.82, 2.24) is 0 Å². The minimum atomic E-state index is -3.09. The number of fused-ring (bicyclic) bond motifs is 1. The summed E-state index contributed by atoms with van der Waals surface area (Å²) in [5.74, 6) is -2.98. The molecule has 4 bridgehead atoms. The van der Waals surface area contributed by atoms with E-state index in [4.69, 9.17) is 9.47 Å². The number of ether oxygens (including phenoxy) is 3. The van der Waals surface area contributed by atoms with E-state index >= 15 is 0 Å². The molecule has 5 nitrogen and oxygen atoms in total. The van der Waals surface area contributed by atoms with Crippen LogP contribution in [0.15, 0.2) is 0 Å². The van der Waals surface area contributed by atoms with Crippen LogP contribution in [0, 0.1) is 17.8 Å². The van der Waals surface area contributed by atoms with Crippen molar-refractivity contribution in [3.8, 4) is 0 Å². The molecule has 0 amide bonds. The molecule has 7 heteroatoms. The molecule has 0 spiro atoms. The summed E-state index contributed by atoms with van der Waals surface area (Å²) in [5, 5.41) is 0. The summed E-state index contributed by atoms with van der Waals surface area (Å²) in [6, 6.07) is 0. The third kappa shape index (κ3) is 3.11. The molecule has 0 aromatic heterocycles. The first-order valence-electron chi connectivity index (χ1n) is 7.23. The molecule has 4 rings (SSSR count). The minimum Gasteiger partial charge on any atom is -0.458 e. The van der Waals surface area contributed by atoms with Gasteiger partial charge in [0.05, 0.1) is 5.92 Å². The lowest BCUT2D eigenvalue weighted by Crippen LogP contribution is -2.45. The first kappa shape index (κ1) is 14.5. The van der Waals surface area contributed by atoms with Gasteiger partial charge in [-0.2, -0.15) is 0 Å². The third-order valence-corrected chi connectivity index (χ3v) is 4.51. The van der Waals surface area contributed by atoms with Crippen molar-refractivity contribution in [2.75, 3.05) is 6.61 Å². The van der Waals surface area contributed by atoms with Crippen LogP contribution in [0.2, 0.25) is 0 Å². The Morgan fingerprint density at radius 3 is 2.81 bits per heavy atom. The normalized spacial score (nSPS) is 37.9. The van der Waals surface area contributed by atoms with Crippen LogP contribution < -0.4 is 0 Å². The van der Waals surface area contributed by atoms with Crippen molar-refractivity contribution >= 4 is 12.1 Å². The van der Waals surface area contributed by atoms with E-state index in [1.165, 1.54) is 0 Å². The first-order valence-corrected chi connectivity index (χ1v) is 7.23. The highest BCUT2D eigenvalue weighted by molar-refractivity contribution is 5.73. The molecule has 2 heterocycles. The molecule has 2 saturated carbocycles. The molecule has 4 aliphatic rings. The molecule has 118 valence electrons. The summed E-state index contributed by atoms with van der Waals surface area (Å²) in [7, 11) is 0. The van der Waals surface area contributed by atoms with Crippen LogP contribution in [0.4, 0.5) is 13.6 Å². The van der Waals surface area contributed by atoms with E-state index in [2.05, 4.69) is 4.74 Å². The molecule has 0 N–H and O–H groups in total. The highest BCUT2D eigenvalue weighted by Crippen LogP contribution is 2.48. The summed E-state index contributed by atoms with van der Waals surface area (Å²) in [5.41, 5.74) is 0. The van der Waals surface area contributed by atoms with Crippen LogP contribution in [-0.4, -0.2) is 36.9 Å². The standard InChI is InChI=1S/C14H18F2O5/c1-14(15,16)6-19-13(18)21-11-8-2-7-3-9(5-8)12(17)20-10(11)4-7/h7-11H,2-6H2,1H3. The lowest BCUT2D eigenvalue weighted by Gasteiger charge is -2.40. The van der Waals surface area contributed by atoms with Crippen LogP contribution >= 0.6 is 0 Å². The van der Waals surface area contributed by atoms with Crippen LogP contribution in [0.1, 0.15) is 32.6 Å². The Kier molecular flexibility index (Phi) is 3.53. The topological polar surface area (TPSA) is 61.8 Å². The molecular weight excluding hydrogens is 286 g/mol. The lowest BCUT2D eigenvalue weighted by molar-refractivity contribution is -0.158. The number of alkyl halides is 2. The Bertz CT molecular complexity index is 447. The molecule has 5 unspecified atom stereocenters. The van der Waals surface area contributed by atoms with E-state index in [0.29, 0.717) is 25.7 Å². The van der Waals surface area contributed by atoms with Crippen molar-refractivity contribution in [2.24, 2.45) is 17.8 Å². The molecular formula is C14H18F2O5. The van der Waals surface area contributed by atoms with E-state index in [1.54, 1.807) is 0 Å². The second kappa shape index (κ2) is 5.10. The number of hydrogen-bond donors (Lipinski definition) is 0. The summed E-state index contributed by atoms with van der Waals surface area (Å²) >= 11 is 0. The van der Waals surface area contributed by atoms with E-state index in [-0.39, 0.29) is 17.8 Å². The van der Waals surface area contributed by atoms with Gasteiger partial charge in [0.15, 0.2) is 6.61 Å². The molecule has 4 fully saturated rings. The van der Waals surface area contributed by atoms with E-state index in [0.717, 1.165) is 12.8 Å². The lowest BCUT2D eigenvalue weighted by atomic mass is 9.67. The Balaban J connectivity index is 1.63. The number of hydrogen-bond acceptors (Lipinski definition) is 5. The molecule has 2 aliphatic carbocycles. The van der Waals surface area contributed by atoms with Crippen LogP contribution in [0.25, 0.3) is 0 Å². The number of halogens is 2. The average molecular weight is 304 g/mol. The smallest absolute Gasteiger partial charge is 0.458 e. The van der Waals surface area contributed by atoms with E-state index in [1.807, 2.05) is 0 Å². The molecule has 0 aromatic carbocycles. The molecule has 0 aromatic rings. The maximum Gasteiger partial charge on any atom is 0.508 e. The van der Waals surface area contributed by atoms with Gasteiger partial charge in [-0.05, 0) is 31.6 Å². The average Bonchev–Trinajstić information content (AvgIpc) is 2.54. The zero-order chi connectivity index (χ0) is 15.2. The minimum absolute atomic E-state index is 0.0497. The van der Waals surface area contributed by atoms with Gasteiger partial charge < -0.3 is 14.2 Å². The highest BCUT2D eigenvalue weighted by atomic mass is 19.3. The molecule has 21 heavy (non-hydrogen) atoms. The predicted octanol–water partition coefficient (Wildman–Crippen LogP) is 2.53. The zero-order valence-corrected chi connectivity index (χ0v) is 11.7. The van der Waals surface area contributed by atoms with Gasteiger partial charge in [-0.3, -0.25) is 4.79 Å². The predicted molar refractivity (Wildman–Crippen MR) is 65.7 cm³/mol. The van der Waals surface area contributed by atoms with Gasteiger partial charge in [-0.1, -0.05) is 0 Å². The second-order valence-electron chi connectivity index (χ2n) is 6.43. The first-order chi connectivity index (χ1) is 9.82. The zero-order valence-electron chi connectivity index (χ0n) is 11.7. The van der Waals surface area contributed by atoms with Crippen molar-refractivity contribution in [1.29, 1.82) is 0 Å². The Morgan fingerprint density at radius 1 is 1.33 bits per heavy atom. The number of carbonyl (C=O) groups excluding carboxylic acids is 2. The molecule has 2 aliphatic heterocycles. The number of rotatable bonds is 3. The van der Waals surface area contributed by atoms with Gasteiger partial charge in [0.25, 0.3) is 5.92 Å². The van der Waals surface area contributed by atoms with Crippen LogP contribution in [0.3, 0.4) is 0 Å². The van der Waals surface area contributed by atoms with Gasteiger partial charge >= 0.3 is 12.1 Å². The van der Waals surface area contributed by atoms with Crippen molar-refractivity contribution in [3.05, 3.63) is 0 Å². The SMILES string of the molecule is CC(F)(F)COC(=O)OC1C2CC3CC(C2)C(=O)OC1C3. The van der Waals surface area contributed by atoms with E-state index < -0.39 is 30.9 Å². The summed E-state index contributed by atoms with van der Waals surface area (Å²) in [4.78, 5) is 23.4. The van der Waals surface area contributed by atoms with Gasteiger partial charge in [0, 0.05) is 12.8 Å². The molecule has 2 saturated heterocycles. The monoisotopic (exact) mass is 304 g/mol. The molecule has 5 atom stereocenters. The summed E-state index contributed by atoms with van der Waals surface area (Å²) in [6.45, 7) is -0.352. The van der Waals surface area contributed by atoms with Crippen molar-refractivity contribution < 1.29 is 32.6 Å². The third-order valence-electron chi connectivity index (χ3n) is 4.51. The van der Waals surface area contributed by atoms with Gasteiger partial charge in [-0.15, -0.1) is 0 Å². The highest BCUT2D eigenvalue weighted by Gasteiger charge is 2.51. The van der Waals surface area contributed by atoms with Crippen molar-refractivity contribution in [3.63, 3.8) is 0 Å². The fourth-order valence-corrected chi connectivity index (χ4v) is 3.77. The maximum atomic E-state index is 12.7. The second-order valence-corrected chi connectivity index (χ2v) is 6.43.